The normalized spacial score (nSPS) is 16.4. The number of carbonyl (C=O) groups excluding carboxylic acids is 3. The summed E-state index contributed by atoms with van der Waals surface area (Å²) in [6.45, 7) is 0.624. The predicted molar refractivity (Wildman–Crippen MR) is 107 cm³/mol. The van der Waals surface area contributed by atoms with Crippen molar-refractivity contribution in [3.63, 3.8) is 0 Å². The van der Waals surface area contributed by atoms with Gasteiger partial charge < -0.3 is 11.1 Å². The van der Waals surface area contributed by atoms with Gasteiger partial charge in [-0.3, -0.25) is 19.3 Å². The molecule has 3 amide bonds. The highest BCUT2D eigenvalue weighted by molar-refractivity contribution is 6.22. The topological polar surface area (TPSA) is 92.5 Å². The number of carbonyl (C=O) groups is 3. The van der Waals surface area contributed by atoms with E-state index in [0.29, 0.717) is 23.6 Å². The molecule has 7 heteroatoms. The van der Waals surface area contributed by atoms with Crippen molar-refractivity contribution in [1.82, 2.24) is 10.2 Å². The molecule has 0 bridgehead atoms. The van der Waals surface area contributed by atoms with E-state index in [4.69, 9.17) is 5.73 Å². The van der Waals surface area contributed by atoms with Crippen LogP contribution in [0.1, 0.15) is 49.5 Å². The fraction of sp³-hybridized carbons (Fsp3) is 0.286. The molecule has 0 spiro atoms. The zero-order valence-corrected chi connectivity index (χ0v) is 16.1. The van der Waals surface area contributed by atoms with E-state index in [9.17, 15) is 14.4 Å². The van der Waals surface area contributed by atoms with Gasteiger partial charge in [-0.25, -0.2) is 0 Å². The predicted octanol–water partition coefficient (Wildman–Crippen LogP) is 2.37. The molecule has 0 radical (unpaired) electrons. The van der Waals surface area contributed by atoms with Gasteiger partial charge in [0, 0.05) is 18.2 Å². The first-order valence-corrected chi connectivity index (χ1v) is 9.12. The number of benzene rings is 2. The molecule has 1 fully saturated rings. The summed E-state index contributed by atoms with van der Waals surface area (Å²) in [7, 11) is 0. The average Bonchev–Trinajstić information content (AvgIpc) is 3.51. The van der Waals surface area contributed by atoms with Crippen molar-refractivity contribution >= 4 is 30.1 Å². The second-order valence-electron chi connectivity index (χ2n) is 7.15. The molecule has 1 atom stereocenters. The fourth-order valence-corrected chi connectivity index (χ4v) is 3.35. The van der Waals surface area contributed by atoms with E-state index in [1.165, 1.54) is 11.0 Å². The Morgan fingerprint density at radius 2 is 1.75 bits per heavy atom. The van der Waals surface area contributed by atoms with E-state index in [2.05, 4.69) is 5.32 Å². The maximum Gasteiger partial charge on any atom is 0.261 e. The summed E-state index contributed by atoms with van der Waals surface area (Å²) in [5.74, 6) is -0.489. The first-order valence-electron chi connectivity index (χ1n) is 9.12. The molecule has 1 saturated carbocycles. The van der Waals surface area contributed by atoms with Gasteiger partial charge in [-0.15, -0.1) is 12.4 Å². The Kier molecular flexibility index (Phi) is 5.82. The van der Waals surface area contributed by atoms with Crippen molar-refractivity contribution in [1.29, 1.82) is 0 Å². The summed E-state index contributed by atoms with van der Waals surface area (Å²) in [5.41, 5.74) is 7.85. The monoisotopic (exact) mass is 399 g/mol. The number of nitrogens with zero attached hydrogens (tertiary/aromatic N) is 1. The third-order valence-corrected chi connectivity index (χ3v) is 5.14. The summed E-state index contributed by atoms with van der Waals surface area (Å²) < 4.78 is 0. The lowest BCUT2D eigenvalue weighted by molar-refractivity contribution is 0.0642. The third kappa shape index (κ3) is 3.93. The number of rotatable bonds is 6. The summed E-state index contributed by atoms with van der Waals surface area (Å²) in [4.78, 5) is 38.9. The van der Waals surface area contributed by atoms with Crippen LogP contribution in [-0.4, -0.2) is 35.2 Å². The van der Waals surface area contributed by atoms with E-state index in [-0.39, 0.29) is 48.3 Å². The molecule has 1 aliphatic carbocycles. The molecule has 6 nitrogen and oxygen atoms in total. The van der Waals surface area contributed by atoms with Gasteiger partial charge in [-0.2, -0.15) is 0 Å². The lowest BCUT2D eigenvalue weighted by Crippen LogP contribution is -2.38. The molecule has 0 aromatic heterocycles. The van der Waals surface area contributed by atoms with Crippen LogP contribution < -0.4 is 11.1 Å². The van der Waals surface area contributed by atoms with E-state index in [1.54, 1.807) is 12.1 Å². The highest BCUT2D eigenvalue weighted by atomic mass is 35.5. The van der Waals surface area contributed by atoms with Crippen LogP contribution >= 0.6 is 12.4 Å². The molecule has 4 rings (SSSR count). The van der Waals surface area contributed by atoms with Gasteiger partial charge in [0.15, 0.2) is 0 Å². The third-order valence-electron chi connectivity index (χ3n) is 5.14. The molecule has 3 N–H and O–H groups in total. The number of halogens is 1. The Bertz CT molecular complexity index is 912. The zero-order chi connectivity index (χ0) is 19.0. The Hall–Kier alpha value is -2.70. The number of amides is 3. The van der Waals surface area contributed by atoms with E-state index in [0.717, 1.165) is 18.4 Å². The highest BCUT2D eigenvalue weighted by Crippen LogP contribution is 2.31. The second-order valence-corrected chi connectivity index (χ2v) is 7.15. The molecular formula is C21H22ClN3O3. The van der Waals surface area contributed by atoms with Crippen LogP contribution in [0.2, 0.25) is 0 Å². The minimum absolute atomic E-state index is 0. The maximum atomic E-state index is 12.7. The van der Waals surface area contributed by atoms with Gasteiger partial charge in [-0.1, -0.05) is 30.3 Å². The minimum atomic E-state index is -0.372. The Labute approximate surface area is 169 Å². The molecule has 2 aliphatic rings. The average molecular weight is 400 g/mol. The van der Waals surface area contributed by atoms with Crippen LogP contribution in [0.25, 0.3) is 0 Å². The van der Waals surface area contributed by atoms with Gasteiger partial charge in [0.25, 0.3) is 17.7 Å². The van der Waals surface area contributed by atoms with Crippen LogP contribution in [0.5, 0.6) is 0 Å². The zero-order valence-electron chi connectivity index (χ0n) is 15.3. The fourth-order valence-electron chi connectivity index (χ4n) is 3.35. The number of imide groups is 1. The van der Waals surface area contributed by atoms with Crippen molar-refractivity contribution < 1.29 is 14.4 Å². The molecule has 1 unspecified atom stereocenters. The van der Waals surface area contributed by atoms with Crippen LogP contribution in [0, 0.1) is 5.92 Å². The summed E-state index contributed by atoms with van der Waals surface area (Å²) in [6, 6.07) is 13.9. The van der Waals surface area contributed by atoms with Crippen molar-refractivity contribution in [3.05, 3.63) is 70.8 Å². The lowest BCUT2D eigenvalue weighted by atomic mass is 10.1. The molecule has 1 heterocycles. The van der Waals surface area contributed by atoms with Gasteiger partial charge in [0.2, 0.25) is 0 Å². The van der Waals surface area contributed by atoms with Gasteiger partial charge >= 0.3 is 0 Å². The number of hydrogen-bond acceptors (Lipinski definition) is 4. The highest BCUT2D eigenvalue weighted by Gasteiger charge is 2.36. The maximum absolute atomic E-state index is 12.7. The number of fused-ring (bicyclic) bond motifs is 1. The molecule has 28 heavy (non-hydrogen) atoms. The second kappa shape index (κ2) is 8.12. The van der Waals surface area contributed by atoms with E-state index >= 15 is 0 Å². The van der Waals surface area contributed by atoms with E-state index in [1.807, 2.05) is 30.3 Å². The Balaban J connectivity index is 0.00000225. The van der Waals surface area contributed by atoms with Crippen molar-refractivity contribution in [2.24, 2.45) is 11.7 Å². The molecule has 2 aromatic rings. The molecule has 0 saturated heterocycles. The van der Waals surface area contributed by atoms with Gasteiger partial charge in [0.1, 0.15) is 0 Å². The summed E-state index contributed by atoms with van der Waals surface area (Å²) >= 11 is 0. The van der Waals surface area contributed by atoms with Gasteiger partial charge in [-0.05, 0) is 42.5 Å². The molecular weight excluding hydrogens is 378 g/mol. The van der Waals surface area contributed by atoms with Gasteiger partial charge in [0.05, 0.1) is 17.7 Å². The van der Waals surface area contributed by atoms with Crippen LogP contribution in [-0.2, 0) is 6.54 Å². The summed E-state index contributed by atoms with van der Waals surface area (Å²) in [5, 5.41) is 2.81. The minimum Gasteiger partial charge on any atom is -0.350 e. The van der Waals surface area contributed by atoms with Crippen molar-refractivity contribution in [2.75, 3.05) is 6.54 Å². The SMILES string of the molecule is Cl.NC(CNC(=O)c1ccc2c(c1)C(=O)N(Cc1ccccc1)C2=O)C1CC1. The molecule has 146 valence electrons. The smallest absolute Gasteiger partial charge is 0.261 e. The van der Waals surface area contributed by atoms with Crippen LogP contribution in [0.3, 0.4) is 0 Å². The van der Waals surface area contributed by atoms with E-state index < -0.39 is 0 Å². The molecule has 1 aliphatic heterocycles. The largest absolute Gasteiger partial charge is 0.350 e. The first-order chi connectivity index (χ1) is 13.0. The quantitative estimate of drug-likeness (QED) is 0.729. The number of nitrogens with two attached hydrogens (primary N) is 1. The first kappa shape index (κ1) is 20.0. The lowest BCUT2D eigenvalue weighted by Gasteiger charge is -2.13. The molecule has 2 aromatic carbocycles. The van der Waals surface area contributed by atoms with Crippen LogP contribution in [0.15, 0.2) is 48.5 Å². The van der Waals surface area contributed by atoms with Crippen molar-refractivity contribution in [3.8, 4) is 0 Å². The number of hydrogen-bond donors (Lipinski definition) is 2. The van der Waals surface area contributed by atoms with Crippen LogP contribution in [0.4, 0.5) is 0 Å². The summed E-state index contributed by atoms with van der Waals surface area (Å²) in [6.07, 6.45) is 2.23. The Morgan fingerprint density at radius 1 is 1.07 bits per heavy atom. The number of nitrogens with one attached hydrogen (secondary N) is 1. The standard InChI is InChI=1S/C21H21N3O3.ClH/c22-18(14-6-7-14)11-23-19(25)15-8-9-16-17(10-15)21(27)24(20(16)26)12-13-4-2-1-3-5-13;/h1-5,8-10,14,18H,6-7,11-12,22H2,(H,23,25);1H. The Morgan fingerprint density at radius 3 is 2.43 bits per heavy atom. The van der Waals surface area contributed by atoms with Crippen molar-refractivity contribution in [2.45, 2.75) is 25.4 Å².